The topological polar surface area (TPSA) is 128 Å². The lowest BCUT2D eigenvalue weighted by molar-refractivity contribution is 0.0691. The van der Waals surface area contributed by atoms with Crippen molar-refractivity contribution in [3.05, 3.63) is 59.2 Å². The van der Waals surface area contributed by atoms with Crippen LogP contribution in [0, 0.1) is 11.6 Å². The summed E-state index contributed by atoms with van der Waals surface area (Å²) in [5.41, 5.74) is 11.0. The average molecular weight is 625 g/mol. The number of carbonyl (C=O) groups excluding carboxylic acids is 1. The molecular formula is C26H43ClF2N6O3S2. The molecule has 2 fully saturated rings. The van der Waals surface area contributed by atoms with Crippen LogP contribution in [0.25, 0.3) is 0 Å². The summed E-state index contributed by atoms with van der Waals surface area (Å²) >= 11 is 0. The van der Waals surface area contributed by atoms with E-state index in [0.717, 1.165) is 24.6 Å². The van der Waals surface area contributed by atoms with Crippen LogP contribution >= 0.6 is 39.4 Å². The van der Waals surface area contributed by atoms with E-state index in [-0.39, 0.29) is 62.1 Å². The Kier molecular flexibility index (Phi) is 18.9. The molecule has 0 unspecified atom stereocenters. The van der Waals surface area contributed by atoms with E-state index in [1.54, 1.807) is 11.0 Å². The standard InChI is InChI=1S/C13H18FN3O.C7H6FNO2.C6H14N2.ClH.2H2S/c1-16(2)10-5-6-17(8-10)13(18)11-4-3-9(15)7-12(11)14;8-6-3-4(9)1-2-5(6)7(10)11;1-8(2)6-3-4-7-5-6;;;/h3-4,7,10H,5-6,8,15H2,1-2H3;1-3H,9H2,(H,10,11);6-7H,3-5H2,1-2H3;1H;2*1H2/t10-;;6-;;;/m0.0.../s1. The number of nitrogens with one attached hydrogen (secondary N) is 1. The van der Waals surface area contributed by atoms with Gasteiger partial charge < -0.3 is 36.6 Å². The first-order valence-corrected chi connectivity index (χ1v) is 12.1. The van der Waals surface area contributed by atoms with Gasteiger partial charge in [-0.15, -0.1) is 12.4 Å². The number of carbonyl (C=O) groups is 2. The van der Waals surface area contributed by atoms with Crippen LogP contribution in [0.2, 0.25) is 0 Å². The number of amides is 1. The highest BCUT2D eigenvalue weighted by Crippen LogP contribution is 2.19. The molecule has 2 aromatic carbocycles. The molecule has 9 nitrogen and oxygen atoms in total. The second-order valence-electron chi connectivity index (χ2n) is 9.55. The lowest BCUT2D eigenvalue weighted by Crippen LogP contribution is -2.34. The van der Waals surface area contributed by atoms with Crippen molar-refractivity contribution in [2.45, 2.75) is 24.9 Å². The van der Waals surface area contributed by atoms with Gasteiger partial charge in [-0.2, -0.15) is 27.0 Å². The van der Waals surface area contributed by atoms with Gasteiger partial charge in [0.1, 0.15) is 11.6 Å². The number of carboxylic acid groups (broad SMARTS) is 1. The highest BCUT2D eigenvalue weighted by atomic mass is 35.5. The number of halogens is 3. The Morgan fingerprint density at radius 1 is 0.900 bits per heavy atom. The van der Waals surface area contributed by atoms with E-state index in [2.05, 4.69) is 29.2 Å². The van der Waals surface area contributed by atoms with Gasteiger partial charge >= 0.3 is 5.97 Å². The van der Waals surface area contributed by atoms with Gasteiger partial charge in [0.05, 0.1) is 11.1 Å². The molecule has 228 valence electrons. The minimum absolute atomic E-state index is 0. The van der Waals surface area contributed by atoms with Crippen molar-refractivity contribution >= 4 is 62.6 Å². The van der Waals surface area contributed by atoms with E-state index in [0.29, 0.717) is 24.8 Å². The van der Waals surface area contributed by atoms with Crippen LogP contribution < -0.4 is 16.8 Å². The third kappa shape index (κ3) is 12.1. The van der Waals surface area contributed by atoms with Gasteiger partial charge in [-0.1, -0.05) is 0 Å². The third-order valence-corrected chi connectivity index (χ3v) is 6.39. The summed E-state index contributed by atoms with van der Waals surface area (Å²) in [5, 5.41) is 11.7. The number of benzene rings is 2. The smallest absolute Gasteiger partial charge is 0.338 e. The minimum atomic E-state index is -1.29. The van der Waals surface area contributed by atoms with E-state index in [1.165, 1.54) is 37.7 Å². The van der Waals surface area contributed by atoms with Crippen molar-refractivity contribution < 1.29 is 23.5 Å². The molecule has 0 aliphatic carbocycles. The number of hydrogen-bond acceptors (Lipinski definition) is 7. The van der Waals surface area contributed by atoms with Crippen molar-refractivity contribution in [1.82, 2.24) is 20.0 Å². The van der Waals surface area contributed by atoms with Crippen LogP contribution in [0.1, 0.15) is 33.6 Å². The number of likely N-dealkylation sites (N-methyl/N-ethyl adjacent to an activating group) is 2. The minimum Gasteiger partial charge on any atom is -0.478 e. The van der Waals surface area contributed by atoms with Gasteiger partial charge in [0.2, 0.25) is 0 Å². The number of rotatable bonds is 4. The summed E-state index contributed by atoms with van der Waals surface area (Å²) in [5.74, 6) is -2.90. The molecular weight excluding hydrogens is 582 g/mol. The second kappa shape index (κ2) is 18.9. The van der Waals surface area contributed by atoms with E-state index in [4.69, 9.17) is 16.6 Å². The number of nitrogens with zero attached hydrogens (tertiary/aromatic N) is 3. The number of likely N-dealkylation sites (tertiary alicyclic amines) is 1. The van der Waals surface area contributed by atoms with E-state index >= 15 is 0 Å². The summed E-state index contributed by atoms with van der Waals surface area (Å²) in [6.45, 7) is 3.69. The fourth-order valence-corrected chi connectivity index (χ4v) is 4.01. The largest absolute Gasteiger partial charge is 0.478 e. The first-order chi connectivity index (χ1) is 17.4. The van der Waals surface area contributed by atoms with E-state index in [9.17, 15) is 18.4 Å². The van der Waals surface area contributed by atoms with E-state index in [1.807, 2.05) is 14.1 Å². The van der Waals surface area contributed by atoms with Crippen LogP contribution in [0.5, 0.6) is 0 Å². The molecule has 2 heterocycles. The maximum Gasteiger partial charge on any atom is 0.338 e. The van der Waals surface area contributed by atoms with Crippen LogP contribution in [0.3, 0.4) is 0 Å². The zero-order chi connectivity index (χ0) is 27.7. The molecule has 4 rings (SSSR count). The zero-order valence-electron chi connectivity index (χ0n) is 23.3. The van der Waals surface area contributed by atoms with E-state index < -0.39 is 17.6 Å². The third-order valence-electron chi connectivity index (χ3n) is 6.39. The van der Waals surface area contributed by atoms with Crippen LogP contribution in [0.4, 0.5) is 20.2 Å². The van der Waals surface area contributed by atoms with Gasteiger partial charge in [0, 0.05) is 43.1 Å². The van der Waals surface area contributed by atoms with Gasteiger partial charge in [-0.3, -0.25) is 4.79 Å². The van der Waals surface area contributed by atoms with Crippen molar-refractivity contribution in [2.24, 2.45) is 0 Å². The summed E-state index contributed by atoms with van der Waals surface area (Å²) in [7, 11) is 8.25. The summed E-state index contributed by atoms with van der Waals surface area (Å²) in [6, 6.07) is 8.78. The lowest BCUT2D eigenvalue weighted by atomic mass is 10.1. The molecule has 0 bridgehead atoms. The molecule has 1 amide bonds. The molecule has 0 aromatic heterocycles. The van der Waals surface area contributed by atoms with Crippen molar-refractivity contribution in [3.8, 4) is 0 Å². The quantitative estimate of drug-likeness (QED) is 0.383. The number of hydrogen-bond donors (Lipinski definition) is 4. The molecule has 0 saturated carbocycles. The van der Waals surface area contributed by atoms with Crippen LogP contribution in [-0.4, -0.2) is 98.1 Å². The Labute approximate surface area is 255 Å². The fraction of sp³-hybridized carbons (Fsp3) is 0.462. The molecule has 0 radical (unpaired) electrons. The Morgan fingerprint density at radius 2 is 1.40 bits per heavy atom. The van der Waals surface area contributed by atoms with Crippen molar-refractivity contribution in [1.29, 1.82) is 0 Å². The summed E-state index contributed by atoms with van der Waals surface area (Å²) in [6.07, 6.45) is 2.24. The normalized spacial score (nSPS) is 17.4. The molecule has 2 saturated heterocycles. The molecule has 2 aliphatic rings. The number of carboxylic acids is 1. The number of aromatic carboxylic acids is 1. The monoisotopic (exact) mass is 624 g/mol. The molecule has 2 aromatic rings. The fourth-order valence-electron chi connectivity index (χ4n) is 4.01. The summed E-state index contributed by atoms with van der Waals surface area (Å²) in [4.78, 5) is 28.5. The number of anilines is 2. The highest BCUT2D eigenvalue weighted by Gasteiger charge is 2.29. The molecule has 2 aliphatic heterocycles. The molecule has 2 atom stereocenters. The zero-order valence-corrected chi connectivity index (χ0v) is 26.1. The molecule has 14 heteroatoms. The maximum absolute atomic E-state index is 13.7. The SMILES string of the molecule is CN(C)[C@H]1CCN(C(=O)c2ccc(N)cc2F)C1.CN(C)[C@H]1CCNC1.Cl.Nc1ccc(C(=O)O)c(F)c1.S.S. The number of nitrogens with two attached hydrogens (primary N) is 2. The lowest BCUT2D eigenvalue weighted by Gasteiger charge is -2.20. The molecule has 0 spiro atoms. The number of nitrogen functional groups attached to an aromatic ring is 2. The predicted molar refractivity (Wildman–Crippen MR) is 170 cm³/mol. The van der Waals surface area contributed by atoms with Crippen molar-refractivity contribution in [3.63, 3.8) is 0 Å². The second-order valence-corrected chi connectivity index (χ2v) is 9.55. The Morgan fingerprint density at radius 3 is 1.75 bits per heavy atom. The Balaban J connectivity index is 0. The average Bonchev–Trinajstić information content (AvgIpc) is 3.52. The maximum atomic E-state index is 13.7. The van der Waals surface area contributed by atoms with Gasteiger partial charge in [-0.25, -0.2) is 13.6 Å². The van der Waals surface area contributed by atoms with Crippen LogP contribution in [-0.2, 0) is 0 Å². The Hall–Kier alpha value is -2.29. The Bertz CT molecular complexity index is 1080. The van der Waals surface area contributed by atoms with Crippen LogP contribution in [0.15, 0.2) is 36.4 Å². The first kappa shape index (κ1) is 39.9. The first-order valence-electron chi connectivity index (χ1n) is 12.1. The van der Waals surface area contributed by atoms with Gasteiger partial charge in [0.15, 0.2) is 0 Å². The molecule has 40 heavy (non-hydrogen) atoms. The van der Waals surface area contributed by atoms with Gasteiger partial charge in [0.25, 0.3) is 5.91 Å². The molecule has 6 N–H and O–H groups in total. The summed E-state index contributed by atoms with van der Waals surface area (Å²) < 4.78 is 26.3. The van der Waals surface area contributed by atoms with Crippen molar-refractivity contribution in [2.75, 3.05) is 65.8 Å². The predicted octanol–water partition coefficient (Wildman–Crippen LogP) is 2.85. The van der Waals surface area contributed by atoms with Gasteiger partial charge in [-0.05, 0) is 84.0 Å². The highest BCUT2D eigenvalue weighted by molar-refractivity contribution is 7.59.